The normalized spacial score (nSPS) is 11.2. The number of nitrogens with one attached hydrogen (secondary N) is 1. The minimum absolute atomic E-state index is 0.0115. The highest BCUT2D eigenvalue weighted by Gasteiger charge is 2.22. The SMILES string of the molecule is COc1ccc(C(=O)NCCCc2cccc(CS(=O)(=O)c3cc(-c4ccccc4F)ccc3OC)c2)cc1. The fourth-order valence-corrected chi connectivity index (χ4v) is 5.83. The summed E-state index contributed by atoms with van der Waals surface area (Å²) in [5.74, 6) is 0.0677. The number of carbonyl (C=O) groups is 1. The van der Waals surface area contributed by atoms with Gasteiger partial charge in [-0.2, -0.15) is 0 Å². The van der Waals surface area contributed by atoms with Crippen molar-refractivity contribution >= 4 is 15.7 Å². The van der Waals surface area contributed by atoms with Gasteiger partial charge in [0.05, 0.1) is 20.0 Å². The number of benzene rings is 4. The summed E-state index contributed by atoms with van der Waals surface area (Å²) in [6.07, 6.45) is 1.36. The molecule has 0 heterocycles. The molecular weight excluding hydrogens is 517 g/mol. The van der Waals surface area contributed by atoms with E-state index in [1.807, 2.05) is 18.2 Å². The molecule has 6 nitrogen and oxygen atoms in total. The number of ether oxygens (including phenoxy) is 2. The molecule has 8 heteroatoms. The maximum atomic E-state index is 14.4. The molecule has 0 aliphatic heterocycles. The average molecular weight is 548 g/mol. The zero-order chi connectivity index (χ0) is 27.8. The molecule has 0 saturated heterocycles. The Morgan fingerprint density at radius 3 is 2.31 bits per heavy atom. The molecule has 4 rings (SSSR count). The minimum atomic E-state index is -3.80. The van der Waals surface area contributed by atoms with Crippen LogP contribution in [0.4, 0.5) is 4.39 Å². The van der Waals surface area contributed by atoms with Crippen LogP contribution in [0.2, 0.25) is 0 Å². The maximum Gasteiger partial charge on any atom is 0.251 e. The third-order valence-corrected chi connectivity index (χ3v) is 8.01. The molecule has 0 fully saturated rings. The van der Waals surface area contributed by atoms with Gasteiger partial charge in [0.2, 0.25) is 0 Å². The first-order valence-electron chi connectivity index (χ1n) is 12.5. The largest absolute Gasteiger partial charge is 0.497 e. The Hall–Kier alpha value is -4.17. The third-order valence-electron chi connectivity index (χ3n) is 6.31. The lowest BCUT2D eigenvalue weighted by Crippen LogP contribution is -2.24. The van der Waals surface area contributed by atoms with Crippen LogP contribution < -0.4 is 14.8 Å². The number of hydrogen-bond acceptors (Lipinski definition) is 5. The highest BCUT2D eigenvalue weighted by Crippen LogP contribution is 2.33. The van der Waals surface area contributed by atoms with Crippen molar-refractivity contribution in [2.75, 3.05) is 20.8 Å². The molecule has 0 bridgehead atoms. The minimum Gasteiger partial charge on any atom is -0.497 e. The van der Waals surface area contributed by atoms with E-state index in [-0.39, 0.29) is 22.3 Å². The zero-order valence-corrected chi connectivity index (χ0v) is 22.6. The fraction of sp³-hybridized carbons (Fsp3) is 0.194. The Balaban J connectivity index is 1.41. The fourth-order valence-electron chi connectivity index (χ4n) is 4.29. The Bertz CT molecular complexity index is 1550. The van der Waals surface area contributed by atoms with E-state index in [4.69, 9.17) is 9.47 Å². The molecule has 1 amide bonds. The van der Waals surface area contributed by atoms with E-state index >= 15 is 0 Å². The Morgan fingerprint density at radius 2 is 1.59 bits per heavy atom. The van der Waals surface area contributed by atoms with Crippen LogP contribution >= 0.6 is 0 Å². The number of carbonyl (C=O) groups excluding carboxylic acids is 1. The van der Waals surface area contributed by atoms with Crippen LogP contribution in [0.3, 0.4) is 0 Å². The molecule has 202 valence electrons. The summed E-state index contributed by atoms with van der Waals surface area (Å²) in [5.41, 5.74) is 2.93. The topological polar surface area (TPSA) is 81.7 Å². The Labute approximate surface area is 228 Å². The first-order valence-corrected chi connectivity index (χ1v) is 14.1. The van der Waals surface area contributed by atoms with Crippen LogP contribution in [-0.4, -0.2) is 35.1 Å². The van der Waals surface area contributed by atoms with E-state index in [0.717, 1.165) is 5.56 Å². The highest BCUT2D eigenvalue weighted by atomic mass is 32.2. The van der Waals surface area contributed by atoms with Gasteiger partial charge >= 0.3 is 0 Å². The number of sulfone groups is 1. The lowest BCUT2D eigenvalue weighted by atomic mass is 10.1. The molecule has 0 aliphatic carbocycles. The summed E-state index contributed by atoms with van der Waals surface area (Å²) >= 11 is 0. The van der Waals surface area contributed by atoms with Gasteiger partial charge in [0.15, 0.2) is 9.84 Å². The lowest BCUT2D eigenvalue weighted by molar-refractivity contribution is 0.0953. The number of hydrogen-bond donors (Lipinski definition) is 1. The second-order valence-electron chi connectivity index (χ2n) is 9.01. The molecular formula is C31H30FNO5S. The molecule has 4 aromatic carbocycles. The van der Waals surface area contributed by atoms with Crippen molar-refractivity contribution in [1.29, 1.82) is 0 Å². The summed E-state index contributed by atoms with van der Waals surface area (Å²) in [6, 6.07) is 25.1. The van der Waals surface area contributed by atoms with Crippen LogP contribution in [0.15, 0.2) is 95.9 Å². The molecule has 4 aromatic rings. The van der Waals surface area contributed by atoms with Gasteiger partial charge in [0.1, 0.15) is 22.2 Å². The van der Waals surface area contributed by atoms with Crippen molar-refractivity contribution in [3.05, 3.63) is 114 Å². The smallest absolute Gasteiger partial charge is 0.251 e. The van der Waals surface area contributed by atoms with E-state index in [1.165, 1.54) is 19.2 Å². The predicted octanol–water partition coefficient (Wildman–Crippen LogP) is 5.85. The first-order chi connectivity index (χ1) is 18.8. The predicted molar refractivity (Wildman–Crippen MR) is 149 cm³/mol. The van der Waals surface area contributed by atoms with Gasteiger partial charge in [0.25, 0.3) is 5.91 Å². The number of methoxy groups -OCH3 is 2. The van der Waals surface area contributed by atoms with Gasteiger partial charge in [0, 0.05) is 17.7 Å². The van der Waals surface area contributed by atoms with Crippen LogP contribution in [0.25, 0.3) is 11.1 Å². The monoisotopic (exact) mass is 547 g/mol. The summed E-state index contributed by atoms with van der Waals surface area (Å²) in [4.78, 5) is 12.3. The number of halogens is 1. The molecule has 0 radical (unpaired) electrons. The van der Waals surface area contributed by atoms with Crippen molar-refractivity contribution in [3.8, 4) is 22.6 Å². The number of amides is 1. The average Bonchev–Trinajstić information content (AvgIpc) is 2.95. The van der Waals surface area contributed by atoms with E-state index < -0.39 is 15.7 Å². The van der Waals surface area contributed by atoms with Gasteiger partial charge in [-0.1, -0.05) is 48.5 Å². The van der Waals surface area contributed by atoms with Crippen molar-refractivity contribution in [2.24, 2.45) is 0 Å². The second-order valence-corrected chi connectivity index (χ2v) is 11.0. The summed E-state index contributed by atoms with van der Waals surface area (Å²) in [7, 11) is -0.822. The molecule has 0 spiro atoms. The Kier molecular flexibility index (Phi) is 8.99. The first kappa shape index (κ1) is 27.9. The second kappa shape index (κ2) is 12.6. The van der Waals surface area contributed by atoms with E-state index in [2.05, 4.69) is 5.32 Å². The van der Waals surface area contributed by atoms with Crippen molar-refractivity contribution in [2.45, 2.75) is 23.5 Å². The highest BCUT2D eigenvalue weighted by molar-refractivity contribution is 7.90. The summed E-state index contributed by atoms with van der Waals surface area (Å²) in [6.45, 7) is 0.480. The zero-order valence-electron chi connectivity index (χ0n) is 21.8. The standard InChI is InChI=1S/C31H30FNO5S/c1-37-26-15-12-24(13-16-26)31(34)33-18-6-9-22-7-5-8-23(19-22)21-39(35,36)30-20-25(14-17-29(30)38-2)27-10-3-4-11-28(27)32/h3-5,7-8,10-17,19-20H,6,9,18,21H2,1-2H3,(H,33,34). The van der Waals surface area contributed by atoms with Gasteiger partial charge in [-0.25, -0.2) is 12.8 Å². The quantitative estimate of drug-likeness (QED) is 0.238. The van der Waals surface area contributed by atoms with Gasteiger partial charge in [-0.05, 0) is 72.0 Å². The lowest BCUT2D eigenvalue weighted by Gasteiger charge is -2.13. The van der Waals surface area contributed by atoms with Crippen molar-refractivity contribution < 1.29 is 27.1 Å². The maximum absolute atomic E-state index is 14.4. The van der Waals surface area contributed by atoms with Crippen LogP contribution in [0.5, 0.6) is 11.5 Å². The van der Waals surface area contributed by atoms with Crippen LogP contribution in [-0.2, 0) is 22.0 Å². The third kappa shape index (κ3) is 7.03. The summed E-state index contributed by atoms with van der Waals surface area (Å²) < 4.78 is 51.7. The van der Waals surface area contributed by atoms with Crippen molar-refractivity contribution in [3.63, 3.8) is 0 Å². The number of rotatable bonds is 11. The van der Waals surface area contributed by atoms with E-state index in [0.29, 0.717) is 47.4 Å². The van der Waals surface area contributed by atoms with Crippen LogP contribution in [0.1, 0.15) is 27.9 Å². The molecule has 0 unspecified atom stereocenters. The molecule has 1 N–H and O–H groups in total. The summed E-state index contributed by atoms with van der Waals surface area (Å²) in [5, 5.41) is 2.90. The molecule has 39 heavy (non-hydrogen) atoms. The van der Waals surface area contributed by atoms with Crippen LogP contribution in [0, 0.1) is 5.82 Å². The molecule has 0 atom stereocenters. The molecule has 0 aliphatic rings. The molecule has 0 aromatic heterocycles. The van der Waals surface area contributed by atoms with E-state index in [1.54, 1.807) is 67.8 Å². The van der Waals surface area contributed by atoms with Gasteiger partial charge < -0.3 is 14.8 Å². The van der Waals surface area contributed by atoms with E-state index in [9.17, 15) is 17.6 Å². The van der Waals surface area contributed by atoms with Gasteiger partial charge in [-0.3, -0.25) is 4.79 Å². The molecule has 0 saturated carbocycles. The van der Waals surface area contributed by atoms with Gasteiger partial charge in [-0.15, -0.1) is 0 Å². The van der Waals surface area contributed by atoms with Crippen molar-refractivity contribution in [1.82, 2.24) is 5.32 Å². The Morgan fingerprint density at radius 1 is 0.846 bits per heavy atom. The number of aryl methyl sites for hydroxylation is 1.